The maximum atomic E-state index is 11.2. The Bertz CT molecular complexity index is 1270. The lowest BCUT2D eigenvalue weighted by atomic mass is 9.84. The minimum atomic E-state index is -0.948. The molecule has 36 heavy (non-hydrogen) atoms. The Balaban J connectivity index is 1.36. The summed E-state index contributed by atoms with van der Waals surface area (Å²) < 4.78 is 6.11. The Morgan fingerprint density at radius 3 is 2.61 bits per heavy atom. The first kappa shape index (κ1) is 25.0. The Morgan fingerprint density at radius 1 is 1.08 bits per heavy atom. The zero-order valence-corrected chi connectivity index (χ0v) is 21.6. The molecule has 1 fully saturated rings. The average molecular weight is 505 g/mol. The summed E-state index contributed by atoms with van der Waals surface area (Å²) in [4.78, 5) is 6.97. The zero-order valence-electron chi connectivity index (χ0n) is 20.9. The maximum Gasteiger partial charge on any atom is 0.131 e. The Hall–Kier alpha value is -2.70. The first-order chi connectivity index (χ1) is 17.2. The summed E-state index contributed by atoms with van der Waals surface area (Å²) >= 11 is 6.38. The average Bonchev–Trinajstić information content (AvgIpc) is 3.02. The number of hydrogen-bond donors (Lipinski definition) is 2. The van der Waals surface area contributed by atoms with Crippen LogP contribution < -0.4 is 4.74 Å². The number of piperidine rings is 1. The van der Waals surface area contributed by atoms with Crippen molar-refractivity contribution in [1.82, 2.24) is 9.88 Å². The van der Waals surface area contributed by atoms with Gasteiger partial charge < -0.3 is 19.8 Å². The van der Waals surface area contributed by atoms with Crippen molar-refractivity contribution in [3.05, 3.63) is 99.8 Å². The first-order valence-electron chi connectivity index (χ1n) is 12.6. The van der Waals surface area contributed by atoms with Gasteiger partial charge in [-0.15, -0.1) is 0 Å². The molecule has 1 saturated heterocycles. The van der Waals surface area contributed by atoms with Crippen molar-refractivity contribution in [2.45, 2.75) is 50.9 Å². The number of likely N-dealkylation sites (tertiary alicyclic amines) is 1. The molecular formula is C30H33ClN2O3. The number of aliphatic hydroxyl groups is 2. The highest BCUT2D eigenvalue weighted by molar-refractivity contribution is 6.31. The predicted octanol–water partition coefficient (Wildman–Crippen LogP) is 5.66. The van der Waals surface area contributed by atoms with Crippen molar-refractivity contribution >= 4 is 17.2 Å². The predicted molar refractivity (Wildman–Crippen MR) is 143 cm³/mol. The van der Waals surface area contributed by atoms with Crippen LogP contribution in [0.3, 0.4) is 0 Å². The molecule has 2 N–H and O–H groups in total. The molecule has 3 aromatic rings. The molecule has 0 amide bonds. The van der Waals surface area contributed by atoms with Crippen molar-refractivity contribution in [2.24, 2.45) is 0 Å². The molecule has 2 aliphatic rings. The van der Waals surface area contributed by atoms with Crippen LogP contribution in [0.5, 0.6) is 5.75 Å². The van der Waals surface area contributed by atoms with Crippen molar-refractivity contribution in [2.75, 3.05) is 19.6 Å². The summed E-state index contributed by atoms with van der Waals surface area (Å²) in [6.45, 7) is 6.52. The smallest absolute Gasteiger partial charge is 0.131 e. The van der Waals surface area contributed by atoms with Crippen molar-refractivity contribution in [3.63, 3.8) is 0 Å². The Labute approximate surface area is 218 Å². The van der Waals surface area contributed by atoms with Crippen LogP contribution in [0.2, 0.25) is 5.02 Å². The summed E-state index contributed by atoms with van der Waals surface area (Å²) in [5, 5.41) is 22.5. The minimum Gasteiger partial charge on any atom is -0.487 e. The van der Waals surface area contributed by atoms with E-state index in [0.717, 1.165) is 65.3 Å². The highest BCUT2D eigenvalue weighted by Gasteiger charge is 2.35. The van der Waals surface area contributed by atoms with E-state index in [1.165, 1.54) is 0 Å². The van der Waals surface area contributed by atoms with Crippen LogP contribution in [0, 0.1) is 0 Å². The second kappa shape index (κ2) is 9.98. The first-order valence-corrected chi connectivity index (χ1v) is 13.0. The van der Waals surface area contributed by atoms with Gasteiger partial charge in [0.05, 0.1) is 16.9 Å². The van der Waals surface area contributed by atoms with Crippen LogP contribution in [0.1, 0.15) is 61.1 Å². The van der Waals surface area contributed by atoms with E-state index >= 15 is 0 Å². The number of rotatable bonds is 5. The van der Waals surface area contributed by atoms with Crippen molar-refractivity contribution in [3.8, 4) is 5.75 Å². The number of halogens is 1. The normalized spacial score (nSPS) is 18.8. The molecular weight excluding hydrogens is 472 g/mol. The van der Waals surface area contributed by atoms with Crippen LogP contribution >= 0.6 is 11.6 Å². The van der Waals surface area contributed by atoms with Crippen LogP contribution in [0.15, 0.2) is 66.9 Å². The van der Waals surface area contributed by atoms with E-state index < -0.39 is 11.2 Å². The molecule has 0 bridgehead atoms. The van der Waals surface area contributed by atoms with Crippen LogP contribution in [0.4, 0.5) is 0 Å². The quantitative estimate of drug-likeness (QED) is 0.469. The zero-order chi connectivity index (χ0) is 25.3. The maximum absolute atomic E-state index is 11.2. The van der Waals surface area contributed by atoms with Gasteiger partial charge in [-0.25, -0.2) is 0 Å². The second-order valence-corrected chi connectivity index (χ2v) is 10.7. The number of benzene rings is 2. The summed E-state index contributed by atoms with van der Waals surface area (Å²) in [6, 6.07) is 17.6. The molecule has 5 nitrogen and oxygen atoms in total. The van der Waals surface area contributed by atoms with E-state index in [0.29, 0.717) is 24.5 Å². The fraction of sp³-hybridized carbons (Fsp3) is 0.367. The standard InChI is InChI=1S/C30H33ClN2O3/c1-29(2,34)21-11-12-28-24(19-21)22(23-7-5-15-32-27(23)20-36-28)8-6-16-33-17-13-30(35,14-18-33)25-9-3-4-10-26(25)31/h3-5,7-12,15,19,34-35H,6,13-14,16-18,20H2,1-2H3. The molecule has 0 saturated carbocycles. The third kappa shape index (κ3) is 5.07. The SMILES string of the molecule is CC(C)(O)c1ccc2c(c1)C(=CCCN1CCC(O)(c3ccccc3Cl)CC1)c1cccnc1CO2. The van der Waals surface area contributed by atoms with Gasteiger partial charge in [0, 0.05) is 47.5 Å². The number of aromatic nitrogens is 1. The van der Waals surface area contributed by atoms with Crippen LogP contribution in [-0.2, 0) is 17.8 Å². The summed E-state index contributed by atoms with van der Waals surface area (Å²) in [5.74, 6) is 0.801. The van der Waals surface area contributed by atoms with Crippen LogP contribution in [0.25, 0.3) is 5.57 Å². The molecule has 0 atom stereocenters. The van der Waals surface area contributed by atoms with Crippen LogP contribution in [-0.4, -0.2) is 39.7 Å². The largest absolute Gasteiger partial charge is 0.487 e. The van der Waals surface area contributed by atoms with Gasteiger partial charge >= 0.3 is 0 Å². The fourth-order valence-electron chi connectivity index (χ4n) is 5.20. The van der Waals surface area contributed by atoms with Gasteiger partial charge in [0.1, 0.15) is 12.4 Å². The summed E-state index contributed by atoms with van der Waals surface area (Å²) in [6.07, 6.45) is 6.22. The Morgan fingerprint density at radius 2 is 1.86 bits per heavy atom. The molecule has 0 aliphatic carbocycles. The molecule has 0 radical (unpaired) electrons. The number of hydrogen-bond acceptors (Lipinski definition) is 5. The number of ether oxygens (including phenoxy) is 1. The molecule has 2 aromatic carbocycles. The van der Waals surface area contributed by atoms with E-state index in [4.69, 9.17) is 16.3 Å². The van der Waals surface area contributed by atoms with E-state index in [9.17, 15) is 10.2 Å². The highest BCUT2D eigenvalue weighted by Crippen LogP contribution is 2.39. The number of fused-ring (bicyclic) bond motifs is 2. The van der Waals surface area contributed by atoms with Gasteiger partial charge in [0.25, 0.3) is 0 Å². The van der Waals surface area contributed by atoms with E-state index in [1.807, 2.05) is 48.5 Å². The highest BCUT2D eigenvalue weighted by atomic mass is 35.5. The third-order valence-corrected chi connectivity index (χ3v) is 7.70. The van der Waals surface area contributed by atoms with Gasteiger partial charge in [-0.1, -0.05) is 48.0 Å². The molecule has 1 aromatic heterocycles. The van der Waals surface area contributed by atoms with Gasteiger partial charge in [0.15, 0.2) is 0 Å². The van der Waals surface area contributed by atoms with E-state index in [1.54, 1.807) is 20.0 Å². The lowest BCUT2D eigenvalue weighted by molar-refractivity contribution is -0.0253. The monoisotopic (exact) mass is 504 g/mol. The molecule has 188 valence electrons. The topological polar surface area (TPSA) is 65.8 Å². The summed E-state index contributed by atoms with van der Waals surface area (Å²) in [5.41, 5.74) is 3.89. The van der Waals surface area contributed by atoms with Crippen molar-refractivity contribution in [1.29, 1.82) is 0 Å². The van der Waals surface area contributed by atoms with E-state index in [-0.39, 0.29) is 0 Å². The fourth-order valence-corrected chi connectivity index (χ4v) is 5.51. The molecule has 5 rings (SSSR count). The number of pyridine rings is 1. The molecule has 2 aliphatic heterocycles. The number of nitrogens with zero attached hydrogens (tertiary/aromatic N) is 2. The lowest BCUT2D eigenvalue weighted by Crippen LogP contribution is -2.43. The van der Waals surface area contributed by atoms with Gasteiger partial charge in [-0.3, -0.25) is 4.98 Å². The molecule has 3 heterocycles. The van der Waals surface area contributed by atoms with E-state index in [2.05, 4.69) is 22.0 Å². The van der Waals surface area contributed by atoms with Gasteiger partial charge in [-0.05, 0) is 68.5 Å². The molecule has 0 spiro atoms. The van der Waals surface area contributed by atoms with Crippen molar-refractivity contribution < 1.29 is 14.9 Å². The molecule has 0 unspecified atom stereocenters. The minimum absolute atomic E-state index is 0.412. The Kier molecular flexibility index (Phi) is 6.92. The summed E-state index contributed by atoms with van der Waals surface area (Å²) in [7, 11) is 0. The van der Waals surface area contributed by atoms with Gasteiger partial charge in [0.2, 0.25) is 0 Å². The lowest BCUT2D eigenvalue weighted by Gasteiger charge is -2.38. The van der Waals surface area contributed by atoms with Gasteiger partial charge in [-0.2, -0.15) is 0 Å². The second-order valence-electron chi connectivity index (χ2n) is 10.3. The molecule has 6 heteroatoms. The third-order valence-electron chi connectivity index (χ3n) is 7.37.